The third-order valence-electron chi connectivity index (χ3n) is 1.87. The molecule has 3 nitrogen and oxygen atoms in total. The van der Waals surface area contributed by atoms with Crippen molar-refractivity contribution < 1.29 is 15.2 Å². The molecule has 0 bridgehead atoms. The van der Waals surface area contributed by atoms with Crippen molar-refractivity contribution >= 4 is 0 Å². The topological polar surface area (TPSA) is 46.1 Å². The summed E-state index contributed by atoms with van der Waals surface area (Å²) in [5.41, 5.74) is 3.70. The Hall–Kier alpha value is -0.120. The van der Waals surface area contributed by atoms with Crippen molar-refractivity contribution in [1.82, 2.24) is 0 Å². The second-order valence-corrected chi connectivity index (χ2v) is 2.92. The Bertz CT molecular complexity index is 92.1. The summed E-state index contributed by atoms with van der Waals surface area (Å²) in [4.78, 5) is 0. The SMILES string of the molecule is [NH3+]CCOC[C@H]1CCCCO1. The normalized spacial score (nSPS) is 25.4. The molecular weight excluding hydrogens is 142 g/mol. The highest BCUT2D eigenvalue weighted by atomic mass is 16.5. The van der Waals surface area contributed by atoms with Crippen molar-refractivity contribution in [2.45, 2.75) is 25.4 Å². The maximum absolute atomic E-state index is 5.48. The van der Waals surface area contributed by atoms with E-state index in [1.54, 1.807) is 0 Å². The van der Waals surface area contributed by atoms with Crippen LogP contribution >= 0.6 is 0 Å². The third-order valence-corrected chi connectivity index (χ3v) is 1.87. The molecule has 1 aliphatic rings. The predicted octanol–water partition coefficient (Wildman–Crippen LogP) is -0.186. The van der Waals surface area contributed by atoms with Crippen LogP contribution in [0, 0.1) is 0 Å². The van der Waals surface area contributed by atoms with Crippen molar-refractivity contribution in [3.8, 4) is 0 Å². The molecule has 0 spiro atoms. The van der Waals surface area contributed by atoms with Gasteiger partial charge in [-0.3, -0.25) is 0 Å². The van der Waals surface area contributed by atoms with Crippen molar-refractivity contribution in [1.29, 1.82) is 0 Å². The van der Waals surface area contributed by atoms with Gasteiger partial charge in [-0.15, -0.1) is 0 Å². The Labute approximate surface area is 67.9 Å². The minimum Gasteiger partial charge on any atom is -0.376 e. The van der Waals surface area contributed by atoms with Crippen LogP contribution in [0.2, 0.25) is 0 Å². The minimum absolute atomic E-state index is 0.357. The zero-order chi connectivity index (χ0) is 7.94. The Morgan fingerprint density at radius 2 is 2.36 bits per heavy atom. The van der Waals surface area contributed by atoms with Gasteiger partial charge in [0.25, 0.3) is 0 Å². The fourth-order valence-corrected chi connectivity index (χ4v) is 1.26. The number of hydrogen-bond acceptors (Lipinski definition) is 2. The maximum atomic E-state index is 5.48. The molecule has 3 heteroatoms. The molecule has 1 heterocycles. The lowest BCUT2D eigenvalue weighted by Gasteiger charge is -2.21. The van der Waals surface area contributed by atoms with Gasteiger partial charge in [0, 0.05) is 6.61 Å². The van der Waals surface area contributed by atoms with Crippen molar-refractivity contribution in [2.75, 3.05) is 26.4 Å². The minimum atomic E-state index is 0.357. The van der Waals surface area contributed by atoms with E-state index in [4.69, 9.17) is 9.47 Å². The van der Waals surface area contributed by atoms with Gasteiger partial charge >= 0.3 is 0 Å². The molecule has 11 heavy (non-hydrogen) atoms. The lowest BCUT2D eigenvalue weighted by Crippen LogP contribution is -2.52. The van der Waals surface area contributed by atoms with E-state index in [1.165, 1.54) is 12.8 Å². The largest absolute Gasteiger partial charge is 0.376 e. The first kappa shape index (κ1) is 8.97. The fourth-order valence-electron chi connectivity index (χ4n) is 1.26. The lowest BCUT2D eigenvalue weighted by molar-refractivity contribution is -0.374. The molecular formula is C8H18NO2+. The predicted molar refractivity (Wildman–Crippen MR) is 42.2 cm³/mol. The van der Waals surface area contributed by atoms with Gasteiger partial charge in [-0.05, 0) is 19.3 Å². The Morgan fingerprint density at radius 1 is 1.45 bits per heavy atom. The number of hydrogen-bond donors (Lipinski definition) is 1. The van der Waals surface area contributed by atoms with Crippen LogP contribution in [-0.4, -0.2) is 32.5 Å². The van der Waals surface area contributed by atoms with E-state index >= 15 is 0 Å². The van der Waals surface area contributed by atoms with Crippen LogP contribution in [0.4, 0.5) is 0 Å². The van der Waals surface area contributed by atoms with Crippen LogP contribution in [0.5, 0.6) is 0 Å². The van der Waals surface area contributed by atoms with E-state index in [1.807, 2.05) is 0 Å². The van der Waals surface area contributed by atoms with Crippen LogP contribution in [-0.2, 0) is 9.47 Å². The smallest absolute Gasteiger partial charge is 0.0977 e. The molecule has 1 saturated heterocycles. The highest BCUT2D eigenvalue weighted by molar-refractivity contribution is 4.61. The average Bonchev–Trinajstić information content (AvgIpc) is 2.07. The van der Waals surface area contributed by atoms with Gasteiger partial charge in [-0.2, -0.15) is 0 Å². The standard InChI is InChI=1S/C8H17NO2/c9-4-6-10-7-8-3-1-2-5-11-8/h8H,1-7,9H2/p+1/t8-/m1/s1. The zero-order valence-corrected chi connectivity index (χ0v) is 7.05. The van der Waals surface area contributed by atoms with Gasteiger partial charge in [-0.1, -0.05) is 0 Å². The fraction of sp³-hybridized carbons (Fsp3) is 1.00. The quantitative estimate of drug-likeness (QED) is 0.580. The number of ether oxygens (including phenoxy) is 2. The molecule has 1 atom stereocenters. The first-order valence-electron chi connectivity index (χ1n) is 4.42. The summed E-state index contributed by atoms with van der Waals surface area (Å²) < 4.78 is 10.8. The molecule has 0 unspecified atom stereocenters. The number of quaternary nitrogens is 1. The van der Waals surface area contributed by atoms with Crippen molar-refractivity contribution in [3.05, 3.63) is 0 Å². The van der Waals surface area contributed by atoms with Gasteiger partial charge < -0.3 is 15.2 Å². The highest BCUT2D eigenvalue weighted by Gasteiger charge is 2.13. The summed E-state index contributed by atoms with van der Waals surface area (Å²) in [6.07, 6.45) is 4.02. The molecule has 66 valence electrons. The van der Waals surface area contributed by atoms with E-state index < -0.39 is 0 Å². The molecule has 0 radical (unpaired) electrons. The summed E-state index contributed by atoms with van der Waals surface area (Å²) in [6.45, 7) is 3.29. The third kappa shape index (κ3) is 3.70. The molecule has 1 aliphatic heterocycles. The summed E-state index contributed by atoms with van der Waals surface area (Å²) in [5.74, 6) is 0. The van der Waals surface area contributed by atoms with Crippen LogP contribution in [0.15, 0.2) is 0 Å². The average molecular weight is 160 g/mol. The second kappa shape index (κ2) is 5.52. The lowest BCUT2D eigenvalue weighted by atomic mass is 10.1. The molecule has 0 aliphatic carbocycles. The van der Waals surface area contributed by atoms with Gasteiger partial charge in [-0.25, -0.2) is 0 Å². The van der Waals surface area contributed by atoms with E-state index in [2.05, 4.69) is 5.73 Å². The first-order chi connectivity index (χ1) is 5.43. The zero-order valence-electron chi connectivity index (χ0n) is 7.05. The van der Waals surface area contributed by atoms with Gasteiger partial charge in [0.1, 0.15) is 0 Å². The van der Waals surface area contributed by atoms with Gasteiger partial charge in [0.05, 0.1) is 25.9 Å². The maximum Gasteiger partial charge on any atom is 0.0977 e. The molecule has 0 aromatic carbocycles. The monoisotopic (exact) mass is 160 g/mol. The van der Waals surface area contributed by atoms with Gasteiger partial charge in [0.15, 0.2) is 0 Å². The Kier molecular flexibility index (Phi) is 4.50. The Balaban J connectivity index is 1.96. The molecule has 0 saturated carbocycles. The summed E-state index contributed by atoms with van der Waals surface area (Å²) >= 11 is 0. The molecule has 0 aromatic rings. The van der Waals surface area contributed by atoms with E-state index in [-0.39, 0.29) is 0 Å². The van der Waals surface area contributed by atoms with Crippen LogP contribution in [0.25, 0.3) is 0 Å². The molecule has 0 amide bonds. The van der Waals surface area contributed by atoms with Crippen molar-refractivity contribution in [2.24, 2.45) is 0 Å². The van der Waals surface area contributed by atoms with E-state index in [0.717, 1.165) is 32.8 Å². The molecule has 0 aromatic heterocycles. The first-order valence-corrected chi connectivity index (χ1v) is 4.42. The number of rotatable bonds is 4. The van der Waals surface area contributed by atoms with E-state index in [9.17, 15) is 0 Å². The van der Waals surface area contributed by atoms with Crippen LogP contribution < -0.4 is 5.73 Å². The van der Waals surface area contributed by atoms with E-state index in [0.29, 0.717) is 6.10 Å². The second-order valence-electron chi connectivity index (χ2n) is 2.92. The highest BCUT2D eigenvalue weighted by Crippen LogP contribution is 2.12. The summed E-state index contributed by atoms with van der Waals surface area (Å²) in [7, 11) is 0. The van der Waals surface area contributed by atoms with Crippen LogP contribution in [0.1, 0.15) is 19.3 Å². The summed E-state index contributed by atoms with van der Waals surface area (Å²) in [6, 6.07) is 0. The van der Waals surface area contributed by atoms with Crippen molar-refractivity contribution in [3.63, 3.8) is 0 Å². The summed E-state index contributed by atoms with van der Waals surface area (Å²) in [5, 5.41) is 0. The van der Waals surface area contributed by atoms with Gasteiger partial charge in [0.2, 0.25) is 0 Å². The Morgan fingerprint density at radius 3 is 3.00 bits per heavy atom. The molecule has 1 rings (SSSR count). The molecule has 1 fully saturated rings. The van der Waals surface area contributed by atoms with Crippen LogP contribution in [0.3, 0.4) is 0 Å². The molecule has 3 N–H and O–H groups in total.